The summed E-state index contributed by atoms with van der Waals surface area (Å²) in [4.78, 5) is 11.4. The predicted octanol–water partition coefficient (Wildman–Crippen LogP) is 0.992. The van der Waals surface area contributed by atoms with Crippen molar-refractivity contribution in [3.8, 4) is 0 Å². The standard InChI is InChI=1S/C11H14BF2NO4/c1-11(2,3)19-10(16)15-9-7(13)5-4-6(8(9)14)12(17)18/h4-5,17-18H,1-3H3,(H,15,16). The van der Waals surface area contributed by atoms with Crippen molar-refractivity contribution >= 4 is 24.4 Å². The number of hydrogen-bond acceptors (Lipinski definition) is 4. The van der Waals surface area contributed by atoms with Gasteiger partial charge >= 0.3 is 13.2 Å². The molecule has 3 N–H and O–H groups in total. The number of amides is 1. The fraction of sp³-hybridized carbons (Fsp3) is 0.364. The topological polar surface area (TPSA) is 78.8 Å². The third kappa shape index (κ3) is 4.18. The maximum atomic E-state index is 13.7. The zero-order valence-corrected chi connectivity index (χ0v) is 10.7. The van der Waals surface area contributed by atoms with E-state index in [1.165, 1.54) is 0 Å². The van der Waals surface area contributed by atoms with Crippen LogP contribution in [-0.4, -0.2) is 28.9 Å². The highest BCUT2D eigenvalue weighted by molar-refractivity contribution is 6.58. The van der Waals surface area contributed by atoms with E-state index in [0.717, 1.165) is 12.1 Å². The summed E-state index contributed by atoms with van der Waals surface area (Å²) in [6, 6.07) is 1.68. The molecule has 0 bridgehead atoms. The molecule has 1 rings (SSSR count). The second kappa shape index (κ2) is 5.54. The zero-order chi connectivity index (χ0) is 14.8. The number of rotatable bonds is 2. The van der Waals surface area contributed by atoms with Gasteiger partial charge in [-0.25, -0.2) is 13.6 Å². The molecule has 0 unspecified atom stereocenters. The summed E-state index contributed by atoms with van der Waals surface area (Å²) in [7, 11) is -2.11. The van der Waals surface area contributed by atoms with E-state index in [0.29, 0.717) is 0 Å². The molecule has 0 fully saturated rings. The second-order valence-corrected chi connectivity index (χ2v) is 4.83. The average Bonchev–Trinajstić information content (AvgIpc) is 2.21. The Morgan fingerprint density at radius 3 is 2.37 bits per heavy atom. The summed E-state index contributed by atoms with van der Waals surface area (Å²) in [5.41, 5.74) is -2.17. The number of benzene rings is 1. The third-order valence-corrected chi connectivity index (χ3v) is 2.03. The smallest absolute Gasteiger partial charge is 0.444 e. The van der Waals surface area contributed by atoms with E-state index >= 15 is 0 Å². The van der Waals surface area contributed by atoms with E-state index in [1.807, 2.05) is 5.32 Å². The Morgan fingerprint density at radius 1 is 1.32 bits per heavy atom. The Morgan fingerprint density at radius 2 is 1.89 bits per heavy atom. The summed E-state index contributed by atoms with van der Waals surface area (Å²) in [6.45, 7) is 4.77. The Kier molecular flexibility index (Phi) is 4.49. The molecule has 0 radical (unpaired) electrons. The minimum absolute atomic E-state index is 0.549. The predicted molar refractivity (Wildman–Crippen MR) is 66.0 cm³/mol. The molecule has 0 aliphatic heterocycles. The van der Waals surface area contributed by atoms with Crippen LogP contribution in [0.4, 0.5) is 19.3 Å². The van der Waals surface area contributed by atoms with E-state index in [-0.39, 0.29) is 0 Å². The van der Waals surface area contributed by atoms with Crippen molar-refractivity contribution in [2.24, 2.45) is 0 Å². The van der Waals surface area contributed by atoms with Gasteiger partial charge in [-0.05, 0) is 26.8 Å². The molecule has 0 atom stereocenters. The summed E-state index contributed by atoms with van der Waals surface area (Å²) in [5, 5.41) is 19.7. The lowest BCUT2D eigenvalue weighted by molar-refractivity contribution is 0.0634. The zero-order valence-electron chi connectivity index (χ0n) is 10.7. The van der Waals surface area contributed by atoms with Crippen molar-refractivity contribution in [1.82, 2.24) is 0 Å². The Hall–Kier alpha value is -1.67. The fourth-order valence-corrected chi connectivity index (χ4v) is 1.29. The molecule has 0 aliphatic carbocycles. The van der Waals surface area contributed by atoms with Crippen LogP contribution in [0.2, 0.25) is 0 Å². The van der Waals surface area contributed by atoms with E-state index in [1.54, 1.807) is 20.8 Å². The monoisotopic (exact) mass is 273 g/mol. The number of anilines is 1. The van der Waals surface area contributed by atoms with Crippen LogP contribution in [0.15, 0.2) is 12.1 Å². The minimum Gasteiger partial charge on any atom is -0.444 e. The Labute approximate surface area is 109 Å². The van der Waals surface area contributed by atoms with Crippen LogP contribution in [0.3, 0.4) is 0 Å². The molecule has 0 aromatic heterocycles. The number of carbonyl (C=O) groups excluding carboxylic acids is 1. The molecule has 0 spiro atoms. The van der Waals surface area contributed by atoms with Crippen molar-refractivity contribution < 1.29 is 28.4 Å². The molecule has 0 saturated carbocycles. The van der Waals surface area contributed by atoms with Crippen molar-refractivity contribution in [1.29, 1.82) is 0 Å². The molecule has 5 nitrogen and oxygen atoms in total. The van der Waals surface area contributed by atoms with Gasteiger partial charge in [0.2, 0.25) is 0 Å². The van der Waals surface area contributed by atoms with Crippen molar-refractivity contribution in [2.45, 2.75) is 26.4 Å². The molecule has 19 heavy (non-hydrogen) atoms. The highest BCUT2D eigenvalue weighted by Gasteiger charge is 2.24. The number of nitrogens with one attached hydrogen (secondary N) is 1. The number of hydrogen-bond donors (Lipinski definition) is 3. The van der Waals surface area contributed by atoms with Crippen molar-refractivity contribution in [3.63, 3.8) is 0 Å². The van der Waals surface area contributed by atoms with Gasteiger partial charge in [0.1, 0.15) is 22.9 Å². The Balaban J connectivity index is 3.01. The quantitative estimate of drug-likeness (QED) is 0.702. The van der Waals surface area contributed by atoms with Gasteiger partial charge in [-0.3, -0.25) is 5.32 Å². The van der Waals surface area contributed by atoms with Crippen LogP contribution in [0.5, 0.6) is 0 Å². The van der Waals surface area contributed by atoms with Crippen LogP contribution in [0, 0.1) is 11.6 Å². The fourth-order valence-electron chi connectivity index (χ4n) is 1.29. The SMILES string of the molecule is CC(C)(C)OC(=O)Nc1c(F)ccc(B(O)O)c1F. The van der Waals surface area contributed by atoms with Gasteiger partial charge in [-0.15, -0.1) is 0 Å². The average molecular weight is 273 g/mol. The van der Waals surface area contributed by atoms with Crippen molar-refractivity contribution in [2.75, 3.05) is 5.32 Å². The minimum atomic E-state index is -2.11. The summed E-state index contributed by atoms with van der Waals surface area (Å²) >= 11 is 0. The number of carbonyl (C=O) groups is 1. The first-order valence-corrected chi connectivity index (χ1v) is 5.46. The maximum absolute atomic E-state index is 13.7. The van der Waals surface area contributed by atoms with E-state index < -0.39 is 41.6 Å². The molecule has 104 valence electrons. The lowest BCUT2D eigenvalue weighted by Crippen LogP contribution is -2.34. The van der Waals surface area contributed by atoms with Crippen LogP contribution < -0.4 is 10.8 Å². The van der Waals surface area contributed by atoms with Crippen LogP contribution in [0.1, 0.15) is 20.8 Å². The first-order chi connectivity index (χ1) is 8.61. The molecular weight excluding hydrogens is 259 g/mol. The van der Waals surface area contributed by atoms with E-state index in [2.05, 4.69) is 0 Å². The molecular formula is C11H14BF2NO4. The van der Waals surface area contributed by atoms with Gasteiger partial charge in [0.25, 0.3) is 0 Å². The van der Waals surface area contributed by atoms with Gasteiger partial charge < -0.3 is 14.8 Å². The summed E-state index contributed by atoms with van der Waals surface area (Å²) in [5.74, 6) is -2.31. The van der Waals surface area contributed by atoms with E-state index in [4.69, 9.17) is 14.8 Å². The van der Waals surface area contributed by atoms with Gasteiger partial charge in [0.15, 0.2) is 0 Å². The molecule has 0 heterocycles. The lowest BCUT2D eigenvalue weighted by Gasteiger charge is -2.20. The van der Waals surface area contributed by atoms with Gasteiger partial charge in [-0.1, -0.05) is 6.07 Å². The third-order valence-electron chi connectivity index (χ3n) is 2.03. The normalized spacial score (nSPS) is 11.1. The maximum Gasteiger partial charge on any atom is 0.491 e. The highest BCUT2D eigenvalue weighted by atomic mass is 19.1. The largest absolute Gasteiger partial charge is 0.491 e. The van der Waals surface area contributed by atoms with Crippen LogP contribution >= 0.6 is 0 Å². The van der Waals surface area contributed by atoms with Crippen LogP contribution in [0.25, 0.3) is 0 Å². The second-order valence-electron chi connectivity index (χ2n) is 4.83. The van der Waals surface area contributed by atoms with Gasteiger partial charge in [0.05, 0.1) is 0 Å². The van der Waals surface area contributed by atoms with Gasteiger partial charge in [0, 0.05) is 5.46 Å². The molecule has 1 aromatic rings. The summed E-state index contributed by atoms with van der Waals surface area (Å²) < 4.78 is 32.0. The first-order valence-electron chi connectivity index (χ1n) is 5.46. The molecule has 8 heteroatoms. The molecule has 0 saturated heterocycles. The molecule has 0 aliphatic rings. The first kappa shape index (κ1) is 15.4. The van der Waals surface area contributed by atoms with Gasteiger partial charge in [-0.2, -0.15) is 0 Å². The summed E-state index contributed by atoms with van der Waals surface area (Å²) in [6.07, 6.45) is -1.05. The molecule has 1 amide bonds. The Bertz CT molecular complexity index is 488. The van der Waals surface area contributed by atoms with Crippen LogP contribution in [-0.2, 0) is 4.74 Å². The molecule has 1 aromatic carbocycles. The van der Waals surface area contributed by atoms with Crippen molar-refractivity contribution in [3.05, 3.63) is 23.8 Å². The van der Waals surface area contributed by atoms with E-state index in [9.17, 15) is 13.6 Å². The lowest BCUT2D eigenvalue weighted by atomic mass is 9.79. The number of ether oxygens (including phenoxy) is 1. The number of halogens is 2. The highest BCUT2D eigenvalue weighted by Crippen LogP contribution is 2.18.